The van der Waals surface area contributed by atoms with Gasteiger partial charge in [0.15, 0.2) is 18.2 Å². The minimum atomic E-state index is -1.10. The highest BCUT2D eigenvalue weighted by Crippen LogP contribution is 2.21. The molecular weight excluding hydrogens is 345 g/mol. The largest absolute Gasteiger partial charge is 0.481 e. The van der Waals surface area contributed by atoms with E-state index in [9.17, 15) is 14.0 Å². The van der Waals surface area contributed by atoms with Crippen LogP contribution in [0.3, 0.4) is 0 Å². The highest BCUT2D eigenvalue weighted by Gasteiger charge is 2.21. The zero-order chi connectivity index (χ0) is 16.0. The smallest absolute Gasteiger partial charge is 0.326 e. The predicted molar refractivity (Wildman–Crippen MR) is 78.6 cm³/mol. The molecule has 0 radical (unpaired) electrons. The first-order valence-corrected chi connectivity index (χ1v) is 7.19. The van der Waals surface area contributed by atoms with Crippen molar-refractivity contribution >= 4 is 27.8 Å². The van der Waals surface area contributed by atoms with Gasteiger partial charge in [-0.05, 0) is 30.5 Å². The van der Waals surface area contributed by atoms with E-state index in [1.807, 2.05) is 13.8 Å². The van der Waals surface area contributed by atoms with Crippen LogP contribution in [0.15, 0.2) is 22.7 Å². The van der Waals surface area contributed by atoms with Gasteiger partial charge in [0.25, 0.3) is 5.91 Å². The molecule has 1 rings (SSSR count). The number of hydrogen-bond acceptors (Lipinski definition) is 3. The van der Waals surface area contributed by atoms with Crippen LogP contribution in [-0.2, 0) is 9.59 Å². The van der Waals surface area contributed by atoms with E-state index in [1.54, 1.807) is 6.07 Å². The minimum absolute atomic E-state index is 0.0657. The number of aliphatic carboxylic acids is 1. The van der Waals surface area contributed by atoms with Crippen molar-refractivity contribution in [3.63, 3.8) is 0 Å². The Kier molecular flexibility index (Phi) is 6.61. The van der Waals surface area contributed by atoms with Crippen molar-refractivity contribution in [1.29, 1.82) is 0 Å². The van der Waals surface area contributed by atoms with Crippen LogP contribution in [0.5, 0.6) is 5.75 Å². The van der Waals surface area contributed by atoms with Crippen LogP contribution >= 0.6 is 15.9 Å². The van der Waals surface area contributed by atoms with E-state index < -0.39 is 30.3 Å². The van der Waals surface area contributed by atoms with Crippen molar-refractivity contribution < 1.29 is 23.8 Å². The van der Waals surface area contributed by atoms with Gasteiger partial charge in [-0.15, -0.1) is 0 Å². The lowest BCUT2D eigenvalue weighted by atomic mass is 10.0. The molecule has 0 unspecified atom stereocenters. The number of carboxylic acids is 1. The molecule has 116 valence electrons. The quantitative estimate of drug-likeness (QED) is 0.782. The van der Waals surface area contributed by atoms with Gasteiger partial charge in [0.2, 0.25) is 0 Å². The van der Waals surface area contributed by atoms with Gasteiger partial charge in [-0.25, -0.2) is 9.18 Å². The Morgan fingerprint density at radius 2 is 2.10 bits per heavy atom. The van der Waals surface area contributed by atoms with Gasteiger partial charge >= 0.3 is 5.97 Å². The van der Waals surface area contributed by atoms with Crippen LogP contribution < -0.4 is 10.1 Å². The molecule has 1 aromatic rings. The van der Waals surface area contributed by atoms with Gasteiger partial charge in [-0.1, -0.05) is 29.8 Å². The Labute approximate surface area is 130 Å². The number of rotatable bonds is 7. The summed E-state index contributed by atoms with van der Waals surface area (Å²) in [4.78, 5) is 22.7. The van der Waals surface area contributed by atoms with Crippen LogP contribution in [0.4, 0.5) is 4.39 Å². The number of nitrogens with one attached hydrogen (secondary N) is 1. The molecule has 0 saturated carbocycles. The number of carbonyl (C=O) groups is 2. The molecule has 0 spiro atoms. The van der Waals surface area contributed by atoms with Crippen LogP contribution in [0.1, 0.15) is 20.3 Å². The van der Waals surface area contributed by atoms with Crippen molar-refractivity contribution in [2.45, 2.75) is 26.3 Å². The highest BCUT2D eigenvalue weighted by molar-refractivity contribution is 9.10. The van der Waals surface area contributed by atoms with Crippen LogP contribution in [0.25, 0.3) is 0 Å². The molecule has 0 heterocycles. The van der Waals surface area contributed by atoms with Crippen molar-refractivity contribution in [3.8, 4) is 5.75 Å². The molecule has 7 heteroatoms. The number of amides is 1. The lowest BCUT2D eigenvalue weighted by Crippen LogP contribution is -2.43. The van der Waals surface area contributed by atoms with E-state index in [0.29, 0.717) is 10.9 Å². The summed E-state index contributed by atoms with van der Waals surface area (Å²) < 4.78 is 19.1. The Balaban J connectivity index is 2.54. The highest BCUT2D eigenvalue weighted by atomic mass is 79.9. The standard InChI is InChI=1S/C14H17BrFNO4/c1-8(2)5-11(14(19)20)17-13(18)7-21-12-4-3-9(15)6-10(12)16/h3-4,6,8,11H,5,7H2,1-2H3,(H,17,18)(H,19,20)/t11-/m1/s1. The molecule has 1 aromatic carbocycles. The number of hydrogen-bond donors (Lipinski definition) is 2. The van der Waals surface area contributed by atoms with Gasteiger partial charge < -0.3 is 15.2 Å². The maximum Gasteiger partial charge on any atom is 0.326 e. The molecule has 0 aromatic heterocycles. The van der Waals surface area contributed by atoms with E-state index in [-0.39, 0.29) is 11.7 Å². The van der Waals surface area contributed by atoms with E-state index in [4.69, 9.17) is 9.84 Å². The second-order valence-corrected chi connectivity index (χ2v) is 5.87. The van der Waals surface area contributed by atoms with Gasteiger partial charge in [-0.3, -0.25) is 4.79 Å². The fraction of sp³-hybridized carbons (Fsp3) is 0.429. The zero-order valence-electron chi connectivity index (χ0n) is 11.7. The first-order valence-electron chi connectivity index (χ1n) is 6.39. The summed E-state index contributed by atoms with van der Waals surface area (Å²) in [6, 6.07) is 3.20. The van der Waals surface area contributed by atoms with Crippen molar-refractivity contribution in [1.82, 2.24) is 5.32 Å². The summed E-state index contributed by atoms with van der Waals surface area (Å²) in [6.45, 7) is 3.27. The molecule has 0 fully saturated rings. The topological polar surface area (TPSA) is 75.6 Å². The van der Waals surface area contributed by atoms with Crippen molar-refractivity contribution in [2.75, 3.05) is 6.61 Å². The summed E-state index contributed by atoms with van der Waals surface area (Å²) in [5.41, 5.74) is 0. The number of carbonyl (C=O) groups excluding carboxylic acids is 1. The monoisotopic (exact) mass is 361 g/mol. The van der Waals surface area contributed by atoms with Crippen LogP contribution in [0, 0.1) is 11.7 Å². The van der Waals surface area contributed by atoms with Gasteiger partial charge in [0, 0.05) is 4.47 Å². The molecule has 0 bridgehead atoms. The van der Waals surface area contributed by atoms with Gasteiger partial charge in [0.05, 0.1) is 0 Å². The summed E-state index contributed by atoms with van der Waals surface area (Å²) >= 11 is 3.11. The van der Waals surface area contributed by atoms with E-state index in [2.05, 4.69) is 21.2 Å². The third kappa shape index (κ3) is 6.12. The van der Waals surface area contributed by atoms with Crippen LogP contribution in [-0.4, -0.2) is 29.6 Å². The fourth-order valence-corrected chi connectivity index (χ4v) is 2.00. The minimum Gasteiger partial charge on any atom is -0.481 e. The molecule has 1 amide bonds. The summed E-state index contributed by atoms with van der Waals surface area (Å²) in [6.07, 6.45) is 0.313. The Bertz CT molecular complexity index is 522. The zero-order valence-corrected chi connectivity index (χ0v) is 13.3. The molecule has 1 atom stereocenters. The molecule has 0 aliphatic carbocycles. The molecule has 2 N–H and O–H groups in total. The number of carboxylic acid groups (broad SMARTS) is 1. The molecule has 0 saturated heterocycles. The first-order chi connectivity index (χ1) is 9.79. The lowest BCUT2D eigenvalue weighted by Gasteiger charge is -2.16. The van der Waals surface area contributed by atoms with Gasteiger partial charge in [-0.2, -0.15) is 0 Å². The maximum atomic E-state index is 13.5. The summed E-state index contributed by atoms with van der Waals surface area (Å²) in [7, 11) is 0. The second kappa shape index (κ2) is 7.97. The van der Waals surface area contributed by atoms with Crippen molar-refractivity contribution in [3.05, 3.63) is 28.5 Å². The number of ether oxygens (including phenoxy) is 1. The average Bonchev–Trinajstić information content (AvgIpc) is 2.36. The summed E-state index contributed by atoms with van der Waals surface area (Å²) in [5.74, 6) is -2.26. The molecule has 0 aliphatic rings. The SMILES string of the molecule is CC(C)C[C@@H](NC(=O)COc1ccc(Br)cc1F)C(=O)O. The third-order valence-corrected chi connectivity index (χ3v) is 3.09. The van der Waals surface area contributed by atoms with Crippen LogP contribution in [0.2, 0.25) is 0 Å². The predicted octanol–water partition coefficient (Wildman–Crippen LogP) is 2.58. The van der Waals surface area contributed by atoms with E-state index >= 15 is 0 Å². The number of benzene rings is 1. The number of halogens is 2. The third-order valence-electron chi connectivity index (χ3n) is 2.59. The Morgan fingerprint density at radius 1 is 1.43 bits per heavy atom. The molecule has 21 heavy (non-hydrogen) atoms. The second-order valence-electron chi connectivity index (χ2n) is 4.95. The van der Waals surface area contributed by atoms with E-state index in [0.717, 1.165) is 0 Å². The van der Waals surface area contributed by atoms with Gasteiger partial charge in [0.1, 0.15) is 6.04 Å². The normalized spacial score (nSPS) is 12.0. The first kappa shape index (κ1) is 17.4. The molecular formula is C14H17BrFNO4. The summed E-state index contributed by atoms with van der Waals surface area (Å²) in [5, 5.41) is 11.4. The lowest BCUT2D eigenvalue weighted by molar-refractivity contribution is -0.142. The average molecular weight is 362 g/mol. The Morgan fingerprint density at radius 3 is 2.62 bits per heavy atom. The van der Waals surface area contributed by atoms with E-state index in [1.165, 1.54) is 12.1 Å². The maximum absolute atomic E-state index is 13.5. The fourth-order valence-electron chi connectivity index (χ4n) is 1.66. The molecule has 0 aliphatic heterocycles. The van der Waals surface area contributed by atoms with Crippen molar-refractivity contribution in [2.24, 2.45) is 5.92 Å². The molecule has 5 nitrogen and oxygen atoms in total. The Hall–Kier alpha value is -1.63.